The van der Waals surface area contributed by atoms with Crippen LogP contribution >= 0.6 is 11.6 Å². The maximum Gasteiger partial charge on any atom is 0.183 e. The van der Waals surface area contributed by atoms with Gasteiger partial charge in [-0.1, -0.05) is 41.9 Å². The zero-order valence-corrected chi connectivity index (χ0v) is 12.6. The summed E-state index contributed by atoms with van der Waals surface area (Å²) in [5.41, 5.74) is 0.895. The van der Waals surface area contributed by atoms with Gasteiger partial charge in [0.2, 0.25) is 0 Å². The second-order valence-electron chi connectivity index (χ2n) is 5.05. The maximum absolute atomic E-state index is 12.7. The molecule has 21 heavy (non-hydrogen) atoms. The largest absolute Gasteiger partial charge is 0.223 e. The molecule has 1 saturated carbocycles. The Morgan fingerprint density at radius 2 is 1.62 bits per heavy atom. The number of hydrogen-bond donors (Lipinski definition) is 0. The van der Waals surface area contributed by atoms with Crippen LogP contribution in [0.25, 0.3) is 0 Å². The third-order valence-electron chi connectivity index (χ3n) is 3.79. The summed E-state index contributed by atoms with van der Waals surface area (Å²) in [7, 11) is -3.52. The van der Waals surface area contributed by atoms with Gasteiger partial charge in [0, 0.05) is 10.9 Å². The van der Waals surface area contributed by atoms with Gasteiger partial charge in [-0.05, 0) is 29.8 Å². The van der Waals surface area contributed by atoms with Crippen LogP contribution in [0, 0.1) is 17.2 Å². The second-order valence-corrected chi connectivity index (χ2v) is 7.60. The van der Waals surface area contributed by atoms with E-state index >= 15 is 0 Å². The summed E-state index contributed by atoms with van der Waals surface area (Å²) < 4.78 is 25.3. The van der Waals surface area contributed by atoms with Crippen LogP contribution < -0.4 is 0 Å². The van der Waals surface area contributed by atoms with Gasteiger partial charge < -0.3 is 0 Å². The summed E-state index contributed by atoms with van der Waals surface area (Å²) in [4.78, 5) is 0.218. The molecule has 0 unspecified atom stereocenters. The average Bonchev–Trinajstić information content (AvgIpc) is 3.24. The standard InChI is InChI=1S/C16H12ClNO2S/c17-12-6-8-13(9-7-12)21(19,20)16-14(10-18)15(16)11-4-2-1-3-5-11/h1-9,14-16H/t14-,15-,16-/m1/s1. The van der Waals surface area contributed by atoms with E-state index in [0.717, 1.165) is 5.56 Å². The molecule has 1 fully saturated rings. The molecule has 0 N–H and O–H groups in total. The van der Waals surface area contributed by atoms with Gasteiger partial charge in [0.25, 0.3) is 0 Å². The first-order chi connectivity index (χ1) is 10.1. The highest BCUT2D eigenvalue weighted by Gasteiger charge is 2.59. The molecule has 106 valence electrons. The van der Waals surface area contributed by atoms with E-state index in [0.29, 0.717) is 5.02 Å². The van der Waals surface area contributed by atoms with Crippen molar-refractivity contribution >= 4 is 21.4 Å². The normalized spacial score (nSPS) is 24.3. The first-order valence-electron chi connectivity index (χ1n) is 6.50. The first kappa shape index (κ1) is 14.1. The number of benzene rings is 2. The van der Waals surface area contributed by atoms with E-state index < -0.39 is 21.0 Å². The van der Waals surface area contributed by atoms with Crippen molar-refractivity contribution in [2.45, 2.75) is 16.1 Å². The van der Waals surface area contributed by atoms with Gasteiger partial charge >= 0.3 is 0 Å². The summed E-state index contributed by atoms with van der Waals surface area (Å²) in [6, 6.07) is 17.5. The quantitative estimate of drug-likeness (QED) is 0.871. The van der Waals surface area contributed by atoms with E-state index in [9.17, 15) is 13.7 Å². The molecule has 0 radical (unpaired) electrons. The van der Waals surface area contributed by atoms with Crippen LogP contribution in [0.4, 0.5) is 0 Å². The summed E-state index contributed by atoms with van der Waals surface area (Å²) in [5.74, 6) is -0.745. The minimum atomic E-state index is -3.52. The Balaban J connectivity index is 1.97. The lowest BCUT2D eigenvalue weighted by molar-refractivity contribution is 0.593. The molecule has 2 aromatic carbocycles. The van der Waals surface area contributed by atoms with Crippen molar-refractivity contribution in [3.63, 3.8) is 0 Å². The van der Waals surface area contributed by atoms with Crippen LogP contribution in [0.3, 0.4) is 0 Å². The molecule has 0 amide bonds. The van der Waals surface area contributed by atoms with Gasteiger partial charge in [0.15, 0.2) is 9.84 Å². The predicted molar refractivity (Wildman–Crippen MR) is 80.7 cm³/mol. The highest BCUT2D eigenvalue weighted by molar-refractivity contribution is 7.92. The van der Waals surface area contributed by atoms with Crippen LogP contribution in [0.15, 0.2) is 59.5 Å². The molecule has 0 aliphatic heterocycles. The minimum Gasteiger partial charge on any atom is -0.223 e. The molecule has 0 heterocycles. The summed E-state index contributed by atoms with van der Waals surface area (Å²) >= 11 is 5.79. The highest BCUT2D eigenvalue weighted by atomic mass is 35.5. The van der Waals surface area contributed by atoms with Gasteiger partial charge in [-0.3, -0.25) is 0 Å². The van der Waals surface area contributed by atoms with Crippen molar-refractivity contribution in [3.8, 4) is 6.07 Å². The summed E-state index contributed by atoms with van der Waals surface area (Å²) in [6.45, 7) is 0. The molecule has 0 aromatic heterocycles. The van der Waals surface area contributed by atoms with Crippen molar-refractivity contribution in [1.29, 1.82) is 5.26 Å². The third kappa shape index (κ3) is 2.44. The van der Waals surface area contributed by atoms with E-state index in [1.54, 1.807) is 12.1 Å². The van der Waals surface area contributed by atoms with Gasteiger partial charge in [-0.25, -0.2) is 8.42 Å². The van der Waals surface area contributed by atoms with E-state index in [-0.39, 0.29) is 10.8 Å². The Labute approximate surface area is 128 Å². The molecule has 0 saturated heterocycles. The van der Waals surface area contributed by atoms with Gasteiger partial charge in [-0.15, -0.1) is 0 Å². The Bertz CT molecular complexity index is 794. The molecular weight excluding hydrogens is 306 g/mol. The van der Waals surface area contributed by atoms with Crippen LogP contribution in [0.2, 0.25) is 5.02 Å². The summed E-state index contributed by atoms with van der Waals surface area (Å²) in [5, 5.41) is 9.04. The zero-order chi connectivity index (χ0) is 15.0. The molecule has 2 aromatic rings. The monoisotopic (exact) mass is 317 g/mol. The maximum atomic E-state index is 12.7. The Morgan fingerprint density at radius 3 is 2.19 bits per heavy atom. The first-order valence-corrected chi connectivity index (χ1v) is 8.42. The van der Waals surface area contributed by atoms with E-state index in [1.165, 1.54) is 12.1 Å². The molecule has 0 bridgehead atoms. The van der Waals surface area contributed by atoms with Crippen LogP contribution in [0.1, 0.15) is 11.5 Å². The predicted octanol–water partition coefficient (Wildman–Crippen LogP) is 3.42. The number of rotatable bonds is 3. The lowest BCUT2D eigenvalue weighted by Gasteiger charge is -2.04. The van der Waals surface area contributed by atoms with Gasteiger partial charge in [-0.2, -0.15) is 5.26 Å². The van der Waals surface area contributed by atoms with E-state index in [2.05, 4.69) is 6.07 Å². The van der Waals surface area contributed by atoms with Gasteiger partial charge in [0.1, 0.15) is 0 Å². The topological polar surface area (TPSA) is 57.9 Å². The van der Waals surface area contributed by atoms with Crippen LogP contribution in [0.5, 0.6) is 0 Å². The average molecular weight is 318 g/mol. The Kier molecular flexibility index (Phi) is 3.48. The van der Waals surface area contributed by atoms with Gasteiger partial charge in [0.05, 0.1) is 22.1 Å². The van der Waals surface area contributed by atoms with Crippen molar-refractivity contribution in [2.24, 2.45) is 5.92 Å². The fourth-order valence-corrected chi connectivity index (χ4v) is 4.87. The number of sulfone groups is 1. The lowest BCUT2D eigenvalue weighted by Crippen LogP contribution is -2.10. The minimum absolute atomic E-state index is 0.218. The molecule has 3 rings (SSSR count). The SMILES string of the molecule is N#C[C@@H]1[C@@H](c2ccccc2)[C@@H]1S(=O)(=O)c1ccc(Cl)cc1. The van der Waals surface area contributed by atoms with Crippen LogP contribution in [-0.4, -0.2) is 13.7 Å². The molecule has 3 atom stereocenters. The number of halogens is 1. The fraction of sp³-hybridized carbons (Fsp3) is 0.188. The van der Waals surface area contributed by atoms with Crippen molar-refractivity contribution in [1.82, 2.24) is 0 Å². The molecular formula is C16H12ClNO2S. The molecule has 3 nitrogen and oxygen atoms in total. The molecule has 0 spiro atoms. The smallest absolute Gasteiger partial charge is 0.183 e. The molecule has 1 aliphatic carbocycles. The summed E-state index contributed by atoms with van der Waals surface area (Å²) in [6.07, 6.45) is 0. The molecule has 1 aliphatic rings. The number of nitriles is 1. The van der Waals surface area contributed by atoms with E-state index in [1.807, 2.05) is 30.3 Å². The van der Waals surface area contributed by atoms with Crippen molar-refractivity contribution in [2.75, 3.05) is 0 Å². The second kappa shape index (κ2) is 5.18. The van der Waals surface area contributed by atoms with Crippen molar-refractivity contribution in [3.05, 3.63) is 65.2 Å². The Morgan fingerprint density at radius 1 is 1.00 bits per heavy atom. The highest BCUT2D eigenvalue weighted by Crippen LogP contribution is 2.53. The Hall–Kier alpha value is -1.83. The fourth-order valence-electron chi connectivity index (χ4n) is 2.68. The van der Waals surface area contributed by atoms with Crippen molar-refractivity contribution < 1.29 is 8.42 Å². The zero-order valence-electron chi connectivity index (χ0n) is 11.0. The lowest BCUT2D eigenvalue weighted by atomic mass is 10.1. The number of nitrogens with zero attached hydrogens (tertiary/aromatic N) is 1. The third-order valence-corrected chi connectivity index (χ3v) is 6.27. The number of hydrogen-bond acceptors (Lipinski definition) is 3. The molecule has 5 heteroatoms. The van der Waals surface area contributed by atoms with E-state index in [4.69, 9.17) is 11.6 Å². The van der Waals surface area contributed by atoms with Crippen LogP contribution in [-0.2, 0) is 9.84 Å².